The maximum atomic E-state index is 12.5. The molecule has 0 aliphatic rings. The van der Waals surface area contributed by atoms with Crippen molar-refractivity contribution in [2.45, 2.75) is 39.7 Å². The normalized spacial score (nSPS) is 12.0. The molecule has 0 unspecified atom stereocenters. The van der Waals surface area contributed by atoms with Gasteiger partial charge in [0.05, 0.1) is 11.4 Å². The van der Waals surface area contributed by atoms with Gasteiger partial charge in [-0.2, -0.15) is 5.10 Å². The minimum absolute atomic E-state index is 0.0597. The number of benzene rings is 2. The third-order valence-electron chi connectivity index (χ3n) is 4.57. The molecule has 3 aromatic rings. The number of nitrogens with zero attached hydrogens (tertiary/aromatic N) is 2. The van der Waals surface area contributed by atoms with Gasteiger partial charge in [-0.3, -0.25) is 4.79 Å². The number of hydrogen-bond acceptors (Lipinski definition) is 2. The second-order valence-electron chi connectivity index (χ2n) is 6.89. The Hall–Kier alpha value is -2.59. The van der Waals surface area contributed by atoms with E-state index in [4.69, 9.17) is 11.6 Å². The van der Waals surface area contributed by atoms with Crippen LogP contribution >= 0.6 is 11.6 Å². The molecule has 27 heavy (non-hydrogen) atoms. The molecule has 1 aromatic heterocycles. The van der Waals surface area contributed by atoms with Gasteiger partial charge in [0.2, 0.25) is 0 Å². The first-order valence-corrected chi connectivity index (χ1v) is 9.50. The number of halogens is 1. The lowest BCUT2D eigenvalue weighted by molar-refractivity contribution is 0.0938. The van der Waals surface area contributed by atoms with Crippen molar-refractivity contribution in [2.75, 3.05) is 0 Å². The van der Waals surface area contributed by atoms with E-state index >= 15 is 0 Å². The summed E-state index contributed by atoms with van der Waals surface area (Å²) in [5.41, 5.74) is 4.74. The fourth-order valence-electron chi connectivity index (χ4n) is 3.10. The summed E-state index contributed by atoms with van der Waals surface area (Å²) in [6, 6.07) is 17.4. The summed E-state index contributed by atoms with van der Waals surface area (Å²) in [7, 11) is 0. The van der Waals surface area contributed by atoms with Crippen molar-refractivity contribution in [3.63, 3.8) is 0 Å². The van der Waals surface area contributed by atoms with Crippen LogP contribution in [0.25, 0.3) is 5.69 Å². The van der Waals surface area contributed by atoms with Crippen LogP contribution in [0.1, 0.15) is 40.7 Å². The second kappa shape index (κ2) is 8.40. The maximum Gasteiger partial charge on any atom is 0.251 e. The van der Waals surface area contributed by atoms with Gasteiger partial charge in [0, 0.05) is 22.3 Å². The summed E-state index contributed by atoms with van der Waals surface area (Å²) < 4.78 is 1.88. The number of aromatic nitrogens is 2. The highest BCUT2D eigenvalue weighted by atomic mass is 35.5. The van der Waals surface area contributed by atoms with E-state index in [0.29, 0.717) is 5.56 Å². The number of hydrogen-bond donors (Lipinski definition) is 1. The Bertz CT molecular complexity index is 931. The molecule has 0 saturated heterocycles. The Balaban J connectivity index is 1.59. The Morgan fingerprint density at radius 1 is 1.15 bits per heavy atom. The summed E-state index contributed by atoms with van der Waals surface area (Å²) >= 11 is 6.19. The molecule has 0 aliphatic carbocycles. The van der Waals surface area contributed by atoms with Gasteiger partial charge in [-0.25, -0.2) is 4.68 Å². The lowest BCUT2D eigenvalue weighted by Gasteiger charge is -2.15. The Kier molecular flexibility index (Phi) is 5.97. The molecule has 1 amide bonds. The zero-order chi connectivity index (χ0) is 19.4. The molecule has 1 N–H and O–H groups in total. The molecule has 4 nitrogen and oxygen atoms in total. The molecular formula is C22H24ClN3O. The van der Waals surface area contributed by atoms with Crippen molar-refractivity contribution in [3.8, 4) is 5.69 Å². The number of amides is 1. The van der Waals surface area contributed by atoms with Crippen LogP contribution in [0.3, 0.4) is 0 Å². The van der Waals surface area contributed by atoms with Crippen LogP contribution in [0.5, 0.6) is 0 Å². The largest absolute Gasteiger partial charge is 0.350 e. The van der Waals surface area contributed by atoms with Crippen LogP contribution in [-0.2, 0) is 6.42 Å². The highest BCUT2D eigenvalue weighted by Crippen LogP contribution is 2.17. The van der Waals surface area contributed by atoms with Gasteiger partial charge in [0.25, 0.3) is 5.91 Å². The van der Waals surface area contributed by atoms with E-state index in [1.54, 1.807) is 0 Å². The van der Waals surface area contributed by atoms with Gasteiger partial charge in [-0.05, 0) is 75.6 Å². The summed E-state index contributed by atoms with van der Waals surface area (Å²) in [5, 5.41) is 8.30. The number of aryl methyl sites for hydroxylation is 3. The molecule has 3 rings (SSSR count). The topological polar surface area (TPSA) is 46.9 Å². The van der Waals surface area contributed by atoms with E-state index in [1.165, 1.54) is 0 Å². The molecule has 140 valence electrons. The zero-order valence-electron chi connectivity index (χ0n) is 15.9. The lowest BCUT2D eigenvalue weighted by Crippen LogP contribution is -2.32. The van der Waals surface area contributed by atoms with Gasteiger partial charge in [0.1, 0.15) is 0 Å². The maximum absolute atomic E-state index is 12.5. The fourth-order valence-corrected chi connectivity index (χ4v) is 3.33. The Morgan fingerprint density at radius 2 is 1.85 bits per heavy atom. The van der Waals surface area contributed by atoms with Gasteiger partial charge in [0.15, 0.2) is 0 Å². The van der Waals surface area contributed by atoms with Crippen molar-refractivity contribution >= 4 is 17.5 Å². The number of carbonyl (C=O) groups excluding carboxylic acids is 1. The quantitative estimate of drug-likeness (QED) is 0.660. The molecule has 1 heterocycles. The third kappa shape index (κ3) is 4.77. The Labute approximate surface area is 165 Å². The minimum Gasteiger partial charge on any atom is -0.350 e. The van der Waals surface area contributed by atoms with Crippen molar-refractivity contribution in [1.29, 1.82) is 0 Å². The zero-order valence-corrected chi connectivity index (χ0v) is 16.6. The molecule has 0 bridgehead atoms. The van der Waals surface area contributed by atoms with Crippen molar-refractivity contribution in [1.82, 2.24) is 15.1 Å². The van der Waals surface area contributed by atoms with E-state index in [1.807, 2.05) is 80.1 Å². The molecule has 0 saturated carbocycles. The first-order chi connectivity index (χ1) is 12.9. The van der Waals surface area contributed by atoms with Gasteiger partial charge in [-0.15, -0.1) is 0 Å². The lowest BCUT2D eigenvalue weighted by atomic mass is 10.1. The van der Waals surface area contributed by atoms with Gasteiger partial charge in [-0.1, -0.05) is 29.8 Å². The van der Waals surface area contributed by atoms with Crippen LogP contribution in [0.4, 0.5) is 0 Å². The van der Waals surface area contributed by atoms with Crippen LogP contribution in [-0.4, -0.2) is 21.7 Å². The summed E-state index contributed by atoms with van der Waals surface area (Å²) in [4.78, 5) is 12.5. The number of rotatable bonds is 6. The molecule has 1 atom stereocenters. The first-order valence-electron chi connectivity index (χ1n) is 9.12. The highest BCUT2D eigenvalue weighted by molar-refractivity contribution is 6.31. The average molecular weight is 382 g/mol. The summed E-state index contributed by atoms with van der Waals surface area (Å²) in [5.74, 6) is -0.0680. The minimum atomic E-state index is -0.0680. The van der Waals surface area contributed by atoms with Crippen LogP contribution in [0.15, 0.2) is 54.6 Å². The van der Waals surface area contributed by atoms with Gasteiger partial charge >= 0.3 is 0 Å². The van der Waals surface area contributed by atoms with Crippen molar-refractivity contribution < 1.29 is 4.79 Å². The van der Waals surface area contributed by atoms with Crippen LogP contribution in [0, 0.1) is 13.8 Å². The monoisotopic (exact) mass is 381 g/mol. The number of carbonyl (C=O) groups is 1. The molecule has 0 spiro atoms. The third-order valence-corrected chi connectivity index (χ3v) is 4.93. The summed E-state index contributed by atoms with van der Waals surface area (Å²) in [6.45, 7) is 6.00. The van der Waals surface area contributed by atoms with E-state index in [0.717, 1.165) is 40.5 Å². The molecular weight excluding hydrogens is 358 g/mol. The molecule has 0 radical (unpaired) electrons. The summed E-state index contributed by atoms with van der Waals surface area (Å²) in [6.07, 6.45) is 1.66. The molecule has 0 fully saturated rings. The second-order valence-corrected chi connectivity index (χ2v) is 7.30. The predicted octanol–water partition coefficient (Wildman–Crippen LogP) is 4.89. The van der Waals surface area contributed by atoms with E-state index in [9.17, 15) is 4.79 Å². The van der Waals surface area contributed by atoms with Gasteiger partial charge < -0.3 is 5.32 Å². The first kappa shape index (κ1) is 19.2. The van der Waals surface area contributed by atoms with E-state index in [2.05, 4.69) is 10.4 Å². The SMILES string of the molecule is Cc1cc(C)n(-c2ccc(C(=O)N[C@@H](C)CCc3ccccc3Cl)cc2)n1. The Morgan fingerprint density at radius 3 is 2.48 bits per heavy atom. The average Bonchev–Trinajstić information content (AvgIpc) is 2.99. The molecule has 0 aliphatic heterocycles. The van der Waals surface area contributed by atoms with Crippen molar-refractivity contribution in [2.24, 2.45) is 0 Å². The predicted molar refractivity (Wildman–Crippen MR) is 110 cm³/mol. The number of nitrogens with one attached hydrogen (secondary N) is 1. The van der Waals surface area contributed by atoms with Crippen LogP contribution < -0.4 is 5.32 Å². The van der Waals surface area contributed by atoms with Crippen LogP contribution in [0.2, 0.25) is 5.02 Å². The highest BCUT2D eigenvalue weighted by Gasteiger charge is 2.11. The van der Waals surface area contributed by atoms with E-state index in [-0.39, 0.29) is 11.9 Å². The molecule has 2 aromatic carbocycles. The smallest absolute Gasteiger partial charge is 0.251 e. The van der Waals surface area contributed by atoms with Crippen molar-refractivity contribution in [3.05, 3.63) is 82.1 Å². The van der Waals surface area contributed by atoms with E-state index < -0.39 is 0 Å². The standard InChI is InChI=1S/C22H24ClN3O/c1-15(8-9-18-6-4-5-7-21(18)23)24-22(27)19-10-12-20(13-11-19)26-17(3)14-16(2)25-26/h4-7,10-15H,8-9H2,1-3H3,(H,24,27)/t15-/m0/s1. The fraction of sp³-hybridized carbons (Fsp3) is 0.273. The molecule has 5 heteroatoms.